The van der Waals surface area contributed by atoms with Crippen LogP contribution in [0.3, 0.4) is 0 Å². The molecular formula is C19H17N5O2S2. The summed E-state index contributed by atoms with van der Waals surface area (Å²) in [4.78, 5) is 30.8. The number of anilines is 1. The van der Waals surface area contributed by atoms with Crippen LogP contribution in [0.1, 0.15) is 24.9 Å². The Kier molecular flexibility index (Phi) is 5.01. The molecular weight excluding hydrogens is 394 g/mol. The van der Waals surface area contributed by atoms with E-state index >= 15 is 0 Å². The lowest BCUT2D eigenvalue weighted by molar-refractivity contribution is -0.118. The van der Waals surface area contributed by atoms with E-state index in [0.717, 1.165) is 22.6 Å². The second kappa shape index (κ2) is 7.61. The normalized spacial score (nSPS) is 12.2. The molecule has 0 saturated heterocycles. The molecule has 1 amide bonds. The van der Waals surface area contributed by atoms with Gasteiger partial charge in [0.15, 0.2) is 0 Å². The number of aryl methyl sites for hydroxylation is 1. The summed E-state index contributed by atoms with van der Waals surface area (Å²) in [6, 6.07) is 8.96. The van der Waals surface area contributed by atoms with E-state index in [9.17, 15) is 9.59 Å². The third-order valence-corrected chi connectivity index (χ3v) is 6.27. The fraction of sp³-hybridized carbons (Fsp3) is 0.211. The predicted octanol–water partition coefficient (Wildman–Crippen LogP) is 3.74. The predicted molar refractivity (Wildman–Crippen MR) is 112 cm³/mol. The molecule has 1 N–H and O–H groups in total. The van der Waals surface area contributed by atoms with Crippen molar-refractivity contribution in [2.45, 2.75) is 26.3 Å². The van der Waals surface area contributed by atoms with E-state index in [0.29, 0.717) is 15.3 Å². The SMILES string of the molecule is CCc1nnc(NC(=O)C(C)n2cnc3scc(-c4ccccc4)c3c2=O)s1. The first-order valence-electron chi connectivity index (χ1n) is 8.75. The molecule has 0 spiro atoms. The molecule has 0 aliphatic rings. The number of thiophene rings is 1. The minimum Gasteiger partial charge on any atom is -0.299 e. The lowest BCUT2D eigenvalue weighted by Crippen LogP contribution is -2.31. The fourth-order valence-corrected chi connectivity index (χ4v) is 4.42. The van der Waals surface area contributed by atoms with E-state index in [1.165, 1.54) is 33.6 Å². The van der Waals surface area contributed by atoms with Gasteiger partial charge in [-0.2, -0.15) is 0 Å². The summed E-state index contributed by atoms with van der Waals surface area (Å²) in [6.07, 6.45) is 2.18. The molecule has 0 aliphatic heterocycles. The van der Waals surface area contributed by atoms with E-state index < -0.39 is 6.04 Å². The van der Waals surface area contributed by atoms with Gasteiger partial charge in [-0.25, -0.2) is 4.98 Å². The summed E-state index contributed by atoms with van der Waals surface area (Å²) in [5.74, 6) is -0.335. The van der Waals surface area contributed by atoms with Crippen LogP contribution in [-0.2, 0) is 11.2 Å². The van der Waals surface area contributed by atoms with Gasteiger partial charge in [0.1, 0.15) is 15.9 Å². The van der Waals surface area contributed by atoms with Gasteiger partial charge >= 0.3 is 0 Å². The van der Waals surface area contributed by atoms with E-state index in [-0.39, 0.29) is 11.5 Å². The fourth-order valence-electron chi connectivity index (χ4n) is 2.83. The smallest absolute Gasteiger partial charge is 0.263 e. The first-order chi connectivity index (χ1) is 13.6. The van der Waals surface area contributed by atoms with Crippen molar-refractivity contribution in [2.24, 2.45) is 0 Å². The highest BCUT2D eigenvalue weighted by atomic mass is 32.1. The molecule has 1 aromatic carbocycles. The van der Waals surface area contributed by atoms with Gasteiger partial charge in [-0.3, -0.25) is 19.5 Å². The Bertz CT molecular complexity index is 1200. The van der Waals surface area contributed by atoms with E-state index in [1.54, 1.807) is 6.92 Å². The molecule has 0 bridgehead atoms. The minimum absolute atomic E-state index is 0.237. The highest BCUT2D eigenvalue weighted by molar-refractivity contribution is 7.17. The quantitative estimate of drug-likeness (QED) is 0.540. The molecule has 142 valence electrons. The largest absolute Gasteiger partial charge is 0.299 e. The average Bonchev–Trinajstić information content (AvgIpc) is 3.35. The van der Waals surface area contributed by atoms with Gasteiger partial charge in [0.05, 0.1) is 11.7 Å². The van der Waals surface area contributed by atoms with Crippen LogP contribution < -0.4 is 10.9 Å². The Morgan fingerprint density at radius 1 is 1.25 bits per heavy atom. The summed E-state index contributed by atoms with van der Waals surface area (Å²) < 4.78 is 1.36. The number of carbonyl (C=O) groups excluding carboxylic acids is 1. The third kappa shape index (κ3) is 3.34. The maximum atomic E-state index is 13.2. The zero-order valence-corrected chi connectivity index (χ0v) is 16.9. The molecule has 0 aliphatic carbocycles. The number of carbonyl (C=O) groups is 1. The maximum Gasteiger partial charge on any atom is 0.263 e. The van der Waals surface area contributed by atoms with Crippen LogP contribution in [0, 0.1) is 0 Å². The molecule has 3 heterocycles. The second-order valence-electron chi connectivity index (χ2n) is 6.17. The maximum absolute atomic E-state index is 13.2. The monoisotopic (exact) mass is 411 g/mol. The number of hydrogen-bond acceptors (Lipinski definition) is 7. The van der Waals surface area contributed by atoms with E-state index in [2.05, 4.69) is 20.5 Å². The van der Waals surface area contributed by atoms with Gasteiger partial charge in [-0.15, -0.1) is 21.5 Å². The van der Waals surface area contributed by atoms with Crippen LogP contribution in [-0.4, -0.2) is 25.7 Å². The molecule has 28 heavy (non-hydrogen) atoms. The van der Waals surface area contributed by atoms with Gasteiger partial charge in [0, 0.05) is 10.9 Å². The van der Waals surface area contributed by atoms with Gasteiger partial charge in [-0.05, 0) is 18.9 Å². The van der Waals surface area contributed by atoms with Crippen molar-refractivity contribution in [3.63, 3.8) is 0 Å². The van der Waals surface area contributed by atoms with Crippen LogP contribution in [0.25, 0.3) is 21.3 Å². The molecule has 4 rings (SSSR count). The number of amides is 1. The van der Waals surface area contributed by atoms with E-state index in [4.69, 9.17) is 0 Å². The van der Waals surface area contributed by atoms with Crippen LogP contribution in [0.5, 0.6) is 0 Å². The second-order valence-corrected chi connectivity index (χ2v) is 8.09. The topological polar surface area (TPSA) is 89.8 Å². The lowest BCUT2D eigenvalue weighted by Gasteiger charge is -2.13. The molecule has 0 fully saturated rings. The standard InChI is InChI=1S/C19H17N5O2S2/c1-3-14-22-23-19(28-14)21-16(25)11(2)24-10-20-17-15(18(24)26)13(9-27-17)12-7-5-4-6-8-12/h4-11H,3H2,1-2H3,(H,21,23,25). The molecule has 0 saturated carbocycles. The zero-order valence-electron chi connectivity index (χ0n) is 15.2. The Morgan fingerprint density at radius 3 is 2.75 bits per heavy atom. The van der Waals surface area contributed by atoms with Crippen LogP contribution in [0.2, 0.25) is 0 Å². The molecule has 1 atom stereocenters. The summed E-state index contributed by atoms with van der Waals surface area (Å²) in [6.45, 7) is 3.64. The first-order valence-corrected chi connectivity index (χ1v) is 10.4. The minimum atomic E-state index is -0.734. The number of benzene rings is 1. The van der Waals surface area contributed by atoms with Crippen molar-refractivity contribution in [1.29, 1.82) is 0 Å². The zero-order chi connectivity index (χ0) is 19.7. The van der Waals surface area contributed by atoms with Crippen molar-refractivity contribution in [3.8, 4) is 11.1 Å². The molecule has 9 heteroatoms. The van der Waals surface area contributed by atoms with Crippen molar-refractivity contribution in [1.82, 2.24) is 19.7 Å². The Morgan fingerprint density at radius 2 is 2.04 bits per heavy atom. The highest BCUT2D eigenvalue weighted by Gasteiger charge is 2.21. The Balaban J connectivity index is 1.69. The lowest BCUT2D eigenvalue weighted by atomic mass is 10.1. The van der Waals surface area contributed by atoms with Gasteiger partial charge < -0.3 is 0 Å². The summed E-state index contributed by atoms with van der Waals surface area (Å²) in [5.41, 5.74) is 1.54. The molecule has 0 radical (unpaired) electrons. The van der Waals surface area contributed by atoms with Crippen molar-refractivity contribution < 1.29 is 4.79 Å². The number of hydrogen-bond donors (Lipinski definition) is 1. The number of nitrogens with one attached hydrogen (secondary N) is 1. The van der Waals surface area contributed by atoms with Gasteiger partial charge in [-0.1, -0.05) is 48.6 Å². The number of fused-ring (bicyclic) bond motifs is 1. The summed E-state index contributed by atoms with van der Waals surface area (Å²) in [7, 11) is 0. The molecule has 1 unspecified atom stereocenters. The average molecular weight is 412 g/mol. The molecule has 3 aromatic heterocycles. The summed E-state index contributed by atoms with van der Waals surface area (Å²) in [5, 5.41) is 14.4. The number of aromatic nitrogens is 4. The number of nitrogens with zero attached hydrogens (tertiary/aromatic N) is 4. The number of rotatable bonds is 5. The van der Waals surface area contributed by atoms with E-state index in [1.807, 2.05) is 42.6 Å². The van der Waals surface area contributed by atoms with Crippen LogP contribution in [0.4, 0.5) is 5.13 Å². The molecule has 7 nitrogen and oxygen atoms in total. The van der Waals surface area contributed by atoms with Gasteiger partial charge in [0.2, 0.25) is 11.0 Å². The van der Waals surface area contributed by atoms with Gasteiger partial charge in [0.25, 0.3) is 5.56 Å². The van der Waals surface area contributed by atoms with Crippen LogP contribution >= 0.6 is 22.7 Å². The molecule has 4 aromatic rings. The van der Waals surface area contributed by atoms with Crippen LogP contribution in [0.15, 0.2) is 46.8 Å². The highest BCUT2D eigenvalue weighted by Crippen LogP contribution is 2.30. The first kappa shape index (κ1) is 18.5. The van der Waals surface area contributed by atoms with Crippen molar-refractivity contribution in [3.05, 3.63) is 57.4 Å². The summed E-state index contributed by atoms with van der Waals surface area (Å²) >= 11 is 2.74. The van der Waals surface area contributed by atoms with Crippen molar-refractivity contribution in [2.75, 3.05) is 5.32 Å². The Hall–Kier alpha value is -2.91. The third-order valence-electron chi connectivity index (χ3n) is 4.40. The Labute approximate surface area is 168 Å². The van der Waals surface area contributed by atoms with Crippen molar-refractivity contribution >= 4 is 43.9 Å².